The molecule has 16 heteroatoms. The predicted octanol–water partition coefficient (Wildman–Crippen LogP) is 5.67. The first kappa shape index (κ1) is 52.1. The van der Waals surface area contributed by atoms with Crippen LogP contribution in [-0.4, -0.2) is 129 Å². The fourth-order valence-electron chi connectivity index (χ4n) is 8.19. The number of amides is 1. The van der Waals surface area contributed by atoms with Crippen molar-refractivity contribution in [1.82, 2.24) is 33.7 Å². The number of ether oxygens (including phenoxy) is 3. The van der Waals surface area contributed by atoms with Gasteiger partial charge in [-0.05, 0) is 78.6 Å². The second kappa shape index (κ2) is 27.7. The average molecular weight is 890 g/mol. The topological polar surface area (TPSA) is 166 Å². The summed E-state index contributed by atoms with van der Waals surface area (Å²) in [4.78, 5) is 85.1. The maximum atomic E-state index is 13.7. The Morgan fingerprint density at radius 1 is 0.492 bits per heavy atom. The van der Waals surface area contributed by atoms with Crippen molar-refractivity contribution < 1.29 is 28.6 Å². The molecule has 0 spiro atoms. The van der Waals surface area contributed by atoms with E-state index in [-0.39, 0.29) is 49.9 Å². The molecule has 63 heavy (non-hydrogen) atoms. The Morgan fingerprint density at radius 2 is 0.794 bits per heavy atom. The Morgan fingerprint density at radius 3 is 1.13 bits per heavy atom. The Kier molecular flexibility index (Phi) is 23.0. The molecule has 0 bridgehead atoms. The summed E-state index contributed by atoms with van der Waals surface area (Å²) in [6.07, 6.45) is 13.0. The van der Waals surface area contributed by atoms with Crippen LogP contribution in [0, 0.1) is 0 Å². The van der Waals surface area contributed by atoms with E-state index in [9.17, 15) is 28.8 Å². The van der Waals surface area contributed by atoms with Crippen LogP contribution in [0.2, 0.25) is 0 Å². The van der Waals surface area contributed by atoms with Crippen molar-refractivity contribution in [2.24, 2.45) is 0 Å². The van der Waals surface area contributed by atoms with E-state index < -0.39 is 23.2 Å². The van der Waals surface area contributed by atoms with Crippen LogP contribution in [0.15, 0.2) is 14.4 Å². The highest BCUT2D eigenvalue weighted by Gasteiger charge is 2.33. The fraction of sp³-hybridized carbons (Fsp3) is 0.872. The molecule has 0 aliphatic carbocycles. The van der Waals surface area contributed by atoms with Gasteiger partial charge in [0.2, 0.25) is 0 Å². The standard InChI is InChI=1S/C47H83N7O9/c1-7-39(33-49-30-36(49)4)61-42(55)24-18-12-10-15-21-27-52-45(58)53(28-22-16-11-13-19-25-43(56)62-40(8-2)34-50-31-37(50)5)47(60)54(46(52)59)29-23-17-14-20-26-48-44(57)63-41(9-3)35-51-32-38(51)6/h36-41H,7-35H2,1-6H3,(H,48,57). The molecule has 4 rings (SSSR count). The maximum absolute atomic E-state index is 13.7. The lowest BCUT2D eigenvalue weighted by Crippen LogP contribution is -2.54. The summed E-state index contributed by atoms with van der Waals surface area (Å²) in [5.74, 6) is -0.310. The van der Waals surface area contributed by atoms with Crippen LogP contribution in [-0.2, 0) is 43.4 Å². The second-order valence-electron chi connectivity index (χ2n) is 18.6. The van der Waals surface area contributed by atoms with Gasteiger partial charge in [0.25, 0.3) is 0 Å². The summed E-state index contributed by atoms with van der Waals surface area (Å²) in [6.45, 7) is 19.3. The summed E-state index contributed by atoms with van der Waals surface area (Å²) < 4.78 is 20.6. The molecule has 1 N–H and O–H groups in total. The first-order valence-electron chi connectivity index (χ1n) is 24.8. The van der Waals surface area contributed by atoms with E-state index in [1.54, 1.807) is 0 Å². The van der Waals surface area contributed by atoms with E-state index in [0.29, 0.717) is 56.8 Å². The first-order valence-corrected chi connectivity index (χ1v) is 24.8. The molecular formula is C47H83N7O9. The zero-order valence-electron chi connectivity index (χ0n) is 39.8. The number of rotatable bonds is 35. The number of alkyl carbamates (subject to hydrolysis) is 1. The summed E-state index contributed by atoms with van der Waals surface area (Å²) in [5.41, 5.74) is -1.71. The van der Waals surface area contributed by atoms with Gasteiger partial charge in [-0.25, -0.2) is 32.9 Å². The monoisotopic (exact) mass is 890 g/mol. The predicted molar refractivity (Wildman–Crippen MR) is 245 cm³/mol. The van der Waals surface area contributed by atoms with Crippen molar-refractivity contribution >= 4 is 18.0 Å². The molecule has 9 unspecified atom stereocenters. The summed E-state index contributed by atoms with van der Waals surface area (Å²) in [7, 11) is 0. The van der Waals surface area contributed by atoms with E-state index in [0.717, 1.165) is 129 Å². The maximum Gasteiger partial charge on any atom is 0.407 e. The van der Waals surface area contributed by atoms with Gasteiger partial charge in [0, 0.05) is 96.4 Å². The van der Waals surface area contributed by atoms with E-state index in [2.05, 4.69) is 40.8 Å². The van der Waals surface area contributed by atoms with Crippen LogP contribution in [0.25, 0.3) is 0 Å². The van der Waals surface area contributed by atoms with Gasteiger partial charge in [0.1, 0.15) is 18.3 Å². The number of nitrogens with zero attached hydrogens (tertiary/aromatic N) is 6. The number of esters is 2. The number of aromatic nitrogens is 3. The minimum absolute atomic E-state index is 0.0641. The highest BCUT2D eigenvalue weighted by atomic mass is 16.6. The molecule has 0 aromatic carbocycles. The Bertz CT molecular complexity index is 1500. The molecular weight excluding hydrogens is 807 g/mol. The zero-order valence-corrected chi connectivity index (χ0v) is 39.8. The molecule has 1 aromatic heterocycles. The van der Waals surface area contributed by atoms with E-state index in [4.69, 9.17) is 14.2 Å². The lowest BCUT2D eigenvalue weighted by molar-refractivity contribution is -0.150. The molecule has 16 nitrogen and oxygen atoms in total. The minimum Gasteiger partial charge on any atom is -0.461 e. The second-order valence-corrected chi connectivity index (χ2v) is 18.6. The molecule has 3 fully saturated rings. The van der Waals surface area contributed by atoms with Gasteiger partial charge < -0.3 is 19.5 Å². The first-order chi connectivity index (χ1) is 30.3. The fourth-order valence-corrected chi connectivity index (χ4v) is 8.19. The minimum atomic E-state index is -0.570. The van der Waals surface area contributed by atoms with Gasteiger partial charge in [-0.2, -0.15) is 0 Å². The van der Waals surface area contributed by atoms with Gasteiger partial charge >= 0.3 is 35.1 Å². The van der Waals surface area contributed by atoms with Crippen molar-refractivity contribution in [3.63, 3.8) is 0 Å². The highest BCUT2D eigenvalue weighted by Crippen LogP contribution is 2.21. The van der Waals surface area contributed by atoms with Crippen molar-refractivity contribution in [2.75, 3.05) is 45.8 Å². The third-order valence-electron chi connectivity index (χ3n) is 13.0. The normalized spacial score (nSPS) is 22.5. The highest BCUT2D eigenvalue weighted by molar-refractivity contribution is 5.70. The van der Waals surface area contributed by atoms with Crippen LogP contribution < -0.4 is 22.4 Å². The van der Waals surface area contributed by atoms with Crippen LogP contribution in [0.5, 0.6) is 0 Å². The molecule has 9 atom stereocenters. The van der Waals surface area contributed by atoms with Crippen LogP contribution in [0.1, 0.15) is 164 Å². The van der Waals surface area contributed by atoms with E-state index >= 15 is 0 Å². The molecule has 360 valence electrons. The molecule has 1 aromatic rings. The lowest BCUT2D eigenvalue weighted by Gasteiger charge is -2.17. The van der Waals surface area contributed by atoms with Gasteiger partial charge in [-0.1, -0.05) is 72.1 Å². The molecule has 4 heterocycles. The Balaban J connectivity index is 1.21. The third kappa shape index (κ3) is 19.2. The number of carbonyl (C=O) groups excluding carboxylic acids is 3. The molecule has 1 amide bonds. The van der Waals surface area contributed by atoms with Crippen molar-refractivity contribution in [3.8, 4) is 0 Å². The van der Waals surface area contributed by atoms with Crippen LogP contribution >= 0.6 is 0 Å². The summed E-state index contributed by atoms with van der Waals surface area (Å²) in [5, 5.41) is 2.85. The molecule has 3 saturated heterocycles. The van der Waals surface area contributed by atoms with E-state index in [1.807, 2.05) is 20.8 Å². The summed E-state index contributed by atoms with van der Waals surface area (Å²) >= 11 is 0. The van der Waals surface area contributed by atoms with Gasteiger partial charge in [0.15, 0.2) is 0 Å². The smallest absolute Gasteiger partial charge is 0.407 e. The number of hydrogen-bond acceptors (Lipinski definition) is 12. The van der Waals surface area contributed by atoms with Crippen molar-refractivity contribution in [2.45, 2.75) is 220 Å². The van der Waals surface area contributed by atoms with E-state index in [1.165, 1.54) is 13.7 Å². The summed E-state index contributed by atoms with van der Waals surface area (Å²) in [6, 6.07) is 1.71. The number of unbranched alkanes of at least 4 members (excludes halogenated alkanes) is 11. The number of carbonyl (C=O) groups is 3. The van der Waals surface area contributed by atoms with Gasteiger partial charge in [-0.15, -0.1) is 0 Å². The van der Waals surface area contributed by atoms with Gasteiger partial charge in [0.05, 0.1) is 0 Å². The zero-order chi connectivity index (χ0) is 45.7. The van der Waals surface area contributed by atoms with Crippen LogP contribution in [0.3, 0.4) is 0 Å². The lowest BCUT2D eigenvalue weighted by atomic mass is 10.1. The molecule has 3 aliphatic heterocycles. The Labute approximate surface area is 376 Å². The number of hydrogen-bond donors (Lipinski definition) is 1. The Hall–Kier alpha value is -3.50. The molecule has 0 saturated carbocycles. The molecule has 3 aliphatic rings. The molecule has 0 radical (unpaired) electrons. The quantitative estimate of drug-likeness (QED) is 0.0385. The third-order valence-corrected chi connectivity index (χ3v) is 13.0. The van der Waals surface area contributed by atoms with Crippen molar-refractivity contribution in [1.29, 1.82) is 0 Å². The van der Waals surface area contributed by atoms with Gasteiger partial charge in [-0.3, -0.25) is 24.3 Å². The largest absolute Gasteiger partial charge is 0.461 e. The van der Waals surface area contributed by atoms with Crippen LogP contribution in [0.4, 0.5) is 4.79 Å². The number of nitrogens with one attached hydrogen (secondary N) is 1. The SMILES string of the molecule is CCC(CN1CC1C)OC(=O)CCCCCCCn1c(=O)n(CCCCCCCC(=O)OC(CC)CN2CC2C)c(=O)n(CCCCCCNC(=O)OC(CC)CN2CC2C)c1=O. The average Bonchev–Trinajstić information content (AvgIpc) is 4.23. The van der Waals surface area contributed by atoms with Crippen molar-refractivity contribution in [3.05, 3.63) is 31.5 Å².